The maximum absolute atomic E-state index is 6.26. The molecule has 0 N–H and O–H groups in total. The standard InChI is InChI=1S/C14H10Cl2N2O/c1-19-18-14(10-4-2-3-5-12(10)16)11-8-9(15)6-7-13(11)17-18/h2-8H,1H3. The lowest BCUT2D eigenvalue weighted by atomic mass is 10.1. The zero-order valence-electron chi connectivity index (χ0n) is 10.1. The topological polar surface area (TPSA) is 27.1 Å². The van der Waals surface area contributed by atoms with Gasteiger partial charge in [-0.2, -0.15) is 0 Å². The maximum Gasteiger partial charge on any atom is 0.119 e. The van der Waals surface area contributed by atoms with Crippen LogP contribution in [0.2, 0.25) is 10.0 Å². The third-order valence-corrected chi connectivity index (χ3v) is 3.47. The van der Waals surface area contributed by atoms with Crippen LogP contribution in [0, 0.1) is 0 Å². The average Bonchev–Trinajstić information content (AvgIpc) is 2.77. The van der Waals surface area contributed by atoms with Crippen molar-refractivity contribution in [1.29, 1.82) is 0 Å². The second-order valence-electron chi connectivity index (χ2n) is 4.05. The normalized spacial score (nSPS) is 10.9. The summed E-state index contributed by atoms with van der Waals surface area (Å²) in [6.45, 7) is 0. The fraction of sp³-hybridized carbons (Fsp3) is 0.0714. The molecule has 0 aliphatic rings. The van der Waals surface area contributed by atoms with Crippen LogP contribution < -0.4 is 4.84 Å². The highest BCUT2D eigenvalue weighted by Gasteiger charge is 2.16. The molecule has 0 fully saturated rings. The van der Waals surface area contributed by atoms with E-state index in [1.807, 2.05) is 36.4 Å². The Morgan fingerprint density at radius 2 is 1.89 bits per heavy atom. The van der Waals surface area contributed by atoms with Gasteiger partial charge in [0.1, 0.15) is 12.8 Å². The minimum Gasteiger partial charge on any atom is -0.399 e. The number of fused-ring (bicyclic) bond motifs is 1. The predicted molar refractivity (Wildman–Crippen MR) is 77.7 cm³/mol. The van der Waals surface area contributed by atoms with Gasteiger partial charge in [-0.15, -0.1) is 5.10 Å². The van der Waals surface area contributed by atoms with Crippen molar-refractivity contribution >= 4 is 34.1 Å². The number of aromatic nitrogens is 2. The molecule has 0 unspecified atom stereocenters. The highest BCUT2D eigenvalue weighted by Crippen LogP contribution is 2.34. The third-order valence-electron chi connectivity index (χ3n) is 2.91. The van der Waals surface area contributed by atoms with Gasteiger partial charge in [-0.1, -0.05) is 46.2 Å². The molecule has 0 aliphatic heterocycles. The van der Waals surface area contributed by atoms with Gasteiger partial charge in [0.2, 0.25) is 0 Å². The van der Waals surface area contributed by atoms with Crippen molar-refractivity contribution in [1.82, 2.24) is 9.94 Å². The first-order valence-corrected chi connectivity index (χ1v) is 6.44. The van der Waals surface area contributed by atoms with E-state index in [0.29, 0.717) is 10.0 Å². The summed E-state index contributed by atoms with van der Waals surface area (Å²) >= 11 is 12.3. The summed E-state index contributed by atoms with van der Waals surface area (Å²) in [5.41, 5.74) is 2.46. The number of benzene rings is 2. The molecule has 0 atom stereocenters. The molecule has 0 radical (unpaired) electrons. The monoisotopic (exact) mass is 292 g/mol. The minimum absolute atomic E-state index is 0.641. The van der Waals surface area contributed by atoms with Crippen molar-refractivity contribution in [2.45, 2.75) is 0 Å². The van der Waals surface area contributed by atoms with E-state index >= 15 is 0 Å². The number of halogens is 2. The first-order chi connectivity index (χ1) is 9.20. The van der Waals surface area contributed by atoms with Gasteiger partial charge in [0, 0.05) is 16.0 Å². The molecule has 0 spiro atoms. The first kappa shape index (κ1) is 12.3. The van der Waals surface area contributed by atoms with E-state index in [0.717, 1.165) is 22.2 Å². The smallest absolute Gasteiger partial charge is 0.119 e. The second kappa shape index (κ2) is 4.76. The Morgan fingerprint density at radius 3 is 2.63 bits per heavy atom. The van der Waals surface area contributed by atoms with Crippen molar-refractivity contribution in [3.63, 3.8) is 0 Å². The molecule has 5 heteroatoms. The van der Waals surface area contributed by atoms with Crippen LogP contribution in [0.5, 0.6) is 0 Å². The van der Waals surface area contributed by atoms with Gasteiger partial charge in [0.05, 0.1) is 10.5 Å². The van der Waals surface area contributed by atoms with E-state index in [4.69, 9.17) is 28.0 Å². The van der Waals surface area contributed by atoms with E-state index in [9.17, 15) is 0 Å². The Hall–Kier alpha value is -1.71. The molecule has 0 saturated carbocycles. The molecule has 0 bridgehead atoms. The Labute approximate surface area is 120 Å². The van der Waals surface area contributed by atoms with Crippen LogP contribution in [0.1, 0.15) is 0 Å². The number of nitrogens with zero attached hydrogens (tertiary/aromatic N) is 2. The number of hydrogen-bond donors (Lipinski definition) is 0. The molecule has 96 valence electrons. The Bertz CT molecular complexity index is 752. The van der Waals surface area contributed by atoms with Gasteiger partial charge in [0.25, 0.3) is 0 Å². The highest BCUT2D eigenvalue weighted by molar-refractivity contribution is 6.34. The van der Waals surface area contributed by atoms with Gasteiger partial charge in [-0.25, -0.2) is 0 Å². The molecule has 1 aromatic heterocycles. The molecule has 0 saturated heterocycles. The van der Waals surface area contributed by atoms with Crippen molar-refractivity contribution in [3.8, 4) is 11.3 Å². The molecule has 3 aromatic rings. The summed E-state index contributed by atoms with van der Waals surface area (Å²) in [6.07, 6.45) is 0. The van der Waals surface area contributed by atoms with E-state index < -0.39 is 0 Å². The molecule has 0 aliphatic carbocycles. The maximum atomic E-state index is 6.26. The summed E-state index contributed by atoms with van der Waals surface area (Å²) in [6, 6.07) is 13.1. The Kier molecular flexibility index (Phi) is 3.09. The molecule has 0 amide bonds. The zero-order chi connectivity index (χ0) is 13.4. The fourth-order valence-electron chi connectivity index (χ4n) is 2.07. The van der Waals surface area contributed by atoms with E-state index in [-0.39, 0.29) is 0 Å². The van der Waals surface area contributed by atoms with Crippen LogP contribution in [-0.2, 0) is 0 Å². The van der Waals surface area contributed by atoms with Crippen molar-refractivity contribution in [2.75, 3.05) is 7.11 Å². The van der Waals surface area contributed by atoms with Gasteiger partial charge in [0.15, 0.2) is 0 Å². The van der Waals surface area contributed by atoms with Crippen LogP contribution in [0.15, 0.2) is 42.5 Å². The quantitative estimate of drug-likeness (QED) is 0.712. The molecule has 1 heterocycles. The number of rotatable bonds is 2. The summed E-state index contributed by atoms with van der Waals surface area (Å²) < 4.78 is 0. The van der Waals surface area contributed by atoms with E-state index in [2.05, 4.69) is 5.10 Å². The SMILES string of the molecule is COn1nc2ccc(Cl)cc2c1-c1ccccc1Cl. The zero-order valence-corrected chi connectivity index (χ0v) is 11.6. The molecule has 19 heavy (non-hydrogen) atoms. The minimum atomic E-state index is 0.641. The largest absolute Gasteiger partial charge is 0.399 e. The van der Waals surface area contributed by atoms with Crippen LogP contribution in [0.3, 0.4) is 0 Å². The molecular weight excluding hydrogens is 283 g/mol. The average molecular weight is 293 g/mol. The number of hydrogen-bond acceptors (Lipinski definition) is 2. The lowest BCUT2D eigenvalue weighted by Crippen LogP contribution is -2.09. The summed E-state index contributed by atoms with van der Waals surface area (Å²) in [5.74, 6) is 0. The van der Waals surface area contributed by atoms with E-state index in [1.165, 1.54) is 4.85 Å². The molecule has 3 rings (SSSR count). The van der Waals surface area contributed by atoms with Crippen molar-refractivity contribution in [3.05, 3.63) is 52.5 Å². The van der Waals surface area contributed by atoms with E-state index in [1.54, 1.807) is 13.2 Å². The molecule has 2 aromatic carbocycles. The van der Waals surface area contributed by atoms with Gasteiger partial charge in [-0.05, 0) is 24.3 Å². The van der Waals surface area contributed by atoms with Crippen LogP contribution in [-0.4, -0.2) is 17.1 Å². The highest BCUT2D eigenvalue weighted by atomic mass is 35.5. The van der Waals surface area contributed by atoms with Crippen molar-refractivity contribution < 1.29 is 4.84 Å². The summed E-state index contributed by atoms with van der Waals surface area (Å²) in [4.78, 5) is 6.74. The third kappa shape index (κ3) is 2.05. The fourth-order valence-corrected chi connectivity index (χ4v) is 2.47. The lowest BCUT2D eigenvalue weighted by molar-refractivity contribution is 0.140. The lowest BCUT2D eigenvalue weighted by Gasteiger charge is -2.07. The summed E-state index contributed by atoms with van der Waals surface area (Å²) in [5, 5.41) is 6.56. The predicted octanol–water partition coefficient (Wildman–Crippen LogP) is 4.07. The van der Waals surface area contributed by atoms with Crippen LogP contribution in [0.25, 0.3) is 22.2 Å². The van der Waals surface area contributed by atoms with Gasteiger partial charge in [-0.3, -0.25) is 0 Å². The second-order valence-corrected chi connectivity index (χ2v) is 4.89. The Balaban J connectivity index is 2.38. The van der Waals surface area contributed by atoms with Gasteiger partial charge >= 0.3 is 0 Å². The van der Waals surface area contributed by atoms with Gasteiger partial charge < -0.3 is 4.84 Å². The van der Waals surface area contributed by atoms with Crippen LogP contribution >= 0.6 is 23.2 Å². The molecular formula is C14H10Cl2N2O. The summed E-state index contributed by atoms with van der Waals surface area (Å²) in [7, 11) is 1.56. The van der Waals surface area contributed by atoms with Crippen molar-refractivity contribution in [2.24, 2.45) is 0 Å². The van der Waals surface area contributed by atoms with Crippen LogP contribution in [0.4, 0.5) is 0 Å². The molecule has 3 nitrogen and oxygen atoms in total. The first-order valence-electron chi connectivity index (χ1n) is 5.68. The Morgan fingerprint density at radius 1 is 1.11 bits per heavy atom.